The molecule has 502 valence electrons. The summed E-state index contributed by atoms with van der Waals surface area (Å²) in [5.41, 5.74) is 0.734. The monoisotopic (exact) mass is 1270 g/mol. The highest BCUT2D eigenvalue weighted by Crippen LogP contribution is 2.40. The van der Waals surface area contributed by atoms with Gasteiger partial charge in [-0.2, -0.15) is 0 Å². The van der Waals surface area contributed by atoms with Crippen molar-refractivity contribution in [2.45, 2.75) is 217 Å². The third kappa shape index (κ3) is 16.4. The van der Waals surface area contributed by atoms with Crippen LogP contribution in [0.2, 0.25) is 0 Å². The molecular formula is C51H82O36. The molecule has 0 aromatic heterocycles. The fraction of sp³-hybridized carbons (Fsp3) is 0.843. The molecule has 6 fully saturated rings. The van der Waals surface area contributed by atoms with Crippen LogP contribution in [0, 0.1) is 11.8 Å². The van der Waals surface area contributed by atoms with Gasteiger partial charge in [0.05, 0.1) is 70.7 Å². The van der Waals surface area contributed by atoms with Crippen LogP contribution in [-0.4, -0.2) is 352 Å². The van der Waals surface area contributed by atoms with E-state index in [1.807, 2.05) is 0 Å². The topological polar surface area (TPSA) is 601 Å². The molecule has 23 N–H and O–H groups in total. The zero-order valence-electron chi connectivity index (χ0n) is 46.7. The maximum Gasteiger partial charge on any atom is 0.364 e. The Kier molecular flexibility index (Phi) is 26.4. The number of hydrogen-bond acceptors (Lipinski definition) is 34. The Morgan fingerprint density at radius 3 is 1.28 bits per heavy atom. The maximum absolute atomic E-state index is 12.4. The summed E-state index contributed by atoms with van der Waals surface area (Å²) in [5, 5.41) is 234. The average Bonchev–Trinajstić information content (AvgIpc) is 1.37. The van der Waals surface area contributed by atoms with Crippen LogP contribution in [-0.2, 0) is 68.3 Å². The summed E-state index contributed by atoms with van der Waals surface area (Å²) in [4.78, 5) is 24.6. The van der Waals surface area contributed by atoms with Gasteiger partial charge in [-0.05, 0) is 5.56 Å². The molecular weight excluding hydrogens is 1190 g/mol. The fourth-order valence-corrected chi connectivity index (χ4v) is 10.5. The van der Waals surface area contributed by atoms with Crippen molar-refractivity contribution in [1.82, 2.24) is 0 Å². The zero-order chi connectivity index (χ0) is 64.7. The number of aliphatic carboxylic acids is 2. The van der Waals surface area contributed by atoms with Gasteiger partial charge in [-0.3, -0.25) is 0 Å². The molecule has 1 aromatic carbocycles. The Bertz CT molecular complexity index is 2260. The van der Waals surface area contributed by atoms with Crippen LogP contribution in [0.15, 0.2) is 30.3 Å². The van der Waals surface area contributed by atoms with E-state index in [0.717, 1.165) is 5.56 Å². The van der Waals surface area contributed by atoms with Crippen LogP contribution in [0.3, 0.4) is 0 Å². The summed E-state index contributed by atoms with van der Waals surface area (Å²) in [6.45, 7) is -2.30. The van der Waals surface area contributed by atoms with E-state index in [0.29, 0.717) is 0 Å². The van der Waals surface area contributed by atoms with Crippen LogP contribution in [0.1, 0.15) is 32.3 Å². The fourth-order valence-electron chi connectivity index (χ4n) is 10.5. The van der Waals surface area contributed by atoms with E-state index in [4.69, 9.17) is 57.2 Å². The Morgan fingerprint density at radius 2 is 0.885 bits per heavy atom. The number of carbonyl (C=O) groups is 2. The third-order valence-electron chi connectivity index (χ3n) is 16.1. The summed E-state index contributed by atoms with van der Waals surface area (Å²) in [5.74, 6) is -10.7. The van der Waals surface area contributed by atoms with E-state index in [1.165, 1.54) is 13.8 Å². The average molecular weight is 1270 g/mol. The van der Waals surface area contributed by atoms with Crippen LogP contribution in [0.5, 0.6) is 0 Å². The van der Waals surface area contributed by atoms with Crippen LogP contribution < -0.4 is 0 Å². The number of carboxylic acid groups (broad SMARTS) is 2. The van der Waals surface area contributed by atoms with Gasteiger partial charge in [-0.1, -0.05) is 44.2 Å². The normalized spacial score (nSPS) is 45.0. The maximum atomic E-state index is 12.4. The van der Waals surface area contributed by atoms with Crippen molar-refractivity contribution < 1.29 is 179 Å². The first-order valence-electron chi connectivity index (χ1n) is 27.6. The van der Waals surface area contributed by atoms with Crippen molar-refractivity contribution in [2.24, 2.45) is 11.8 Å². The number of aliphatic hydroxyl groups excluding tert-OH is 21. The summed E-state index contributed by atoms with van der Waals surface area (Å²) < 4.78 is 60.2. The molecule has 0 bridgehead atoms. The van der Waals surface area contributed by atoms with Gasteiger partial charge in [0.2, 0.25) is 0 Å². The molecule has 1 aromatic rings. The summed E-state index contributed by atoms with van der Waals surface area (Å²) in [6, 6.07) is 8.85. The van der Waals surface area contributed by atoms with E-state index in [-0.39, 0.29) is 6.61 Å². The molecule has 87 heavy (non-hydrogen) atoms. The molecule has 7 rings (SSSR count). The first kappa shape index (κ1) is 72.9. The second kappa shape index (κ2) is 31.5. The van der Waals surface area contributed by atoms with E-state index in [2.05, 4.69) is 0 Å². The molecule has 0 spiro atoms. The lowest BCUT2D eigenvalue weighted by atomic mass is 9.84. The standard InChI is InChI=1S/C29H44O18.C22H38O18/c1-12-14(32)7-29(28(40)41,47-24(12)18(34)15(33)8-30)43-11-17-19(35)20(36)22(38)27(45-17)46-25-16(9-31)44-26(23(39)21(25)37)42-10-13-5-3-2-4-6-13;1-6-7(25)2-22(21(34)35,40-17(6)11(27)8(26)3-23)36-5-10-12(28)13(29)16(32)20(38-10)39-18-9(4-24)37-19(33)15(31)14(18)30/h2-6,12,14-27,30-39H,7-11H2,1H3,(H,40,41);6-20,23-33H,2-5H2,1H3,(H,34,35)/t12-,14-,15-,16?,17?,18-,19+,20+,21-,22?,23?,24?,25-,26-,27+,29-;6-,7-,8-,9?,10?,11-,12+,13+,14-,15?,16?,17?,18-,19?,20+,22-/m11/s1. The first-order valence-corrected chi connectivity index (χ1v) is 27.6. The molecule has 32 atom stereocenters. The minimum absolute atomic E-state index is 0.00557. The molecule has 0 saturated carbocycles. The molecule has 0 radical (unpaired) electrons. The van der Waals surface area contributed by atoms with Crippen molar-refractivity contribution in [3.63, 3.8) is 0 Å². The lowest BCUT2D eigenvalue weighted by Gasteiger charge is -2.47. The van der Waals surface area contributed by atoms with Gasteiger partial charge in [0, 0.05) is 24.7 Å². The van der Waals surface area contributed by atoms with E-state index in [9.17, 15) is 122 Å². The van der Waals surface area contributed by atoms with E-state index in [1.54, 1.807) is 30.3 Å². The highest BCUT2D eigenvalue weighted by molar-refractivity contribution is 5.76. The number of ether oxygens (including phenoxy) is 11. The molecule has 6 heterocycles. The Morgan fingerprint density at radius 1 is 0.506 bits per heavy atom. The van der Waals surface area contributed by atoms with Crippen molar-refractivity contribution in [3.05, 3.63) is 35.9 Å². The van der Waals surface area contributed by atoms with Gasteiger partial charge in [-0.15, -0.1) is 0 Å². The third-order valence-corrected chi connectivity index (χ3v) is 16.1. The molecule has 6 aliphatic heterocycles. The summed E-state index contributed by atoms with van der Waals surface area (Å²) in [7, 11) is 0. The van der Waals surface area contributed by atoms with Crippen molar-refractivity contribution in [1.29, 1.82) is 0 Å². The second-order valence-corrected chi connectivity index (χ2v) is 22.1. The number of aliphatic hydroxyl groups is 21. The first-order chi connectivity index (χ1) is 40.9. The number of benzene rings is 1. The second-order valence-electron chi connectivity index (χ2n) is 22.1. The Balaban J connectivity index is 0.000000282. The Labute approximate surface area is 494 Å². The van der Waals surface area contributed by atoms with Crippen molar-refractivity contribution in [2.75, 3.05) is 39.6 Å². The number of carboxylic acids is 2. The number of hydrogen-bond donors (Lipinski definition) is 23. The minimum atomic E-state index is -2.67. The molecule has 36 nitrogen and oxygen atoms in total. The predicted molar refractivity (Wildman–Crippen MR) is 272 cm³/mol. The minimum Gasteiger partial charge on any atom is -0.477 e. The lowest BCUT2D eigenvalue weighted by Crippen LogP contribution is -2.65. The van der Waals surface area contributed by atoms with Gasteiger partial charge in [0.25, 0.3) is 11.6 Å². The van der Waals surface area contributed by atoms with Gasteiger partial charge < -0.3 is 170 Å². The van der Waals surface area contributed by atoms with Gasteiger partial charge in [-0.25, -0.2) is 9.59 Å². The van der Waals surface area contributed by atoms with Gasteiger partial charge in [0.15, 0.2) is 25.2 Å². The molecule has 0 amide bonds. The SMILES string of the molecule is C[C@H]1C([C@H](O)[C@H](O)CO)O[C@@](OCC2O[C@@H](O[C@@H]3C(CO)OC(O)C(O)[C@H]3O)C(O)[C@@H](O)[C@H]2O)(C(=O)O)C[C@H]1O.C[C@H]1C([C@H](O)[C@H](O)CO)O[C@@](OCC2O[C@@H](O[C@@H]3C(CO)O[C@@H](OCc4ccccc4)C(O)[C@H]3O)C(O)[C@@H](O)[C@H]2O)(C(=O)O)C[C@H]1O. The van der Waals surface area contributed by atoms with Crippen LogP contribution in [0.4, 0.5) is 0 Å². The van der Waals surface area contributed by atoms with Gasteiger partial charge >= 0.3 is 11.9 Å². The van der Waals surface area contributed by atoms with E-state index >= 15 is 0 Å². The highest BCUT2D eigenvalue weighted by atomic mass is 16.8. The molecule has 11 unspecified atom stereocenters. The largest absolute Gasteiger partial charge is 0.477 e. The number of rotatable bonds is 23. The molecule has 6 saturated heterocycles. The van der Waals surface area contributed by atoms with Gasteiger partial charge in [0.1, 0.15) is 122 Å². The van der Waals surface area contributed by atoms with Crippen LogP contribution in [0.25, 0.3) is 0 Å². The molecule has 6 aliphatic rings. The zero-order valence-corrected chi connectivity index (χ0v) is 46.7. The molecule has 0 aliphatic carbocycles. The predicted octanol–water partition coefficient (Wildman–Crippen LogP) is -12.0. The smallest absolute Gasteiger partial charge is 0.364 e. The lowest BCUT2D eigenvalue weighted by molar-refractivity contribution is -0.368. The quantitative estimate of drug-likeness (QED) is 0.0484. The van der Waals surface area contributed by atoms with Crippen LogP contribution >= 0.6 is 0 Å². The van der Waals surface area contributed by atoms with Crippen molar-refractivity contribution >= 4 is 11.9 Å². The molecule has 36 heteroatoms. The Hall–Kier alpha value is -3.12. The highest BCUT2D eigenvalue weighted by Gasteiger charge is 2.59. The summed E-state index contributed by atoms with van der Waals surface area (Å²) >= 11 is 0. The van der Waals surface area contributed by atoms with E-state index < -0.39 is 259 Å². The van der Waals surface area contributed by atoms with Crippen molar-refractivity contribution in [3.8, 4) is 0 Å². The summed E-state index contributed by atoms with van der Waals surface area (Å²) in [6.07, 6.45) is -49.6.